The second-order valence-electron chi connectivity index (χ2n) is 18.0. The number of rotatable bonds is 6. The van der Waals surface area contributed by atoms with Gasteiger partial charge >= 0.3 is 11.9 Å². The lowest BCUT2D eigenvalue weighted by Crippen LogP contribution is -2.66. The fraction of sp³-hybridized carbons (Fsp3) is 0.619. The van der Waals surface area contributed by atoms with Crippen LogP contribution in [-0.2, 0) is 4.79 Å². The van der Waals surface area contributed by atoms with Gasteiger partial charge < -0.3 is 15.5 Å². The molecule has 1 heterocycles. The second kappa shape index (κ2) is 11.6. The number of hydrogen-bond donors (Lipinski definition) is 3. The van der Waals surface area contributed by atoms with Crippen LogP contribution >= 0.6 is 11.3 Å². The number of carbonyl (C=O) groups excluding carboxylic acids is 1. The third kappa shape index (κ3) is 4.79. The predicted molar refractivity (Wildman–Crippen MR) is 198 cm³/mol. The van der Waals surface area contributed by atoms with Gasteiger partial charge in [-0.3, -0.25) is 4.79 Å². The van der Waals surface area contributed by atoms with Crippen molar-refractivity contribution in [2.45, 2.75) is 106 Å². The summed E-state index contributed by atoms with van der Waals surface area (Å²) in [5, 5.41) is 22.6. The third-order valence-corrected chi connectivity index (χ3v) is 16.6. The highest BCUT2D eigenvalue weighted by molar-refractivity contribution is 7.16. The first-order valence-corrected chi connectivity index (χ1v) is 19.4. The average Bonchev–Trinajstić information content (AvgIpc) is 3.62. The molecule has 0 bridgehead atoms. The maximum absolute atomic E-state index is 14.5. The van der Waals surface area contributed by atoms with Gasteiger partial charge in [0.25, 0.3) is 0 Å². The van der Waals surface area contributed by atoms with Gasteiger partial charge in [0, 0.05) is 4.88 Å². The van der Waals surface area contributed by atoms with E-state index < -0.39 is 17.4 Å². The number of aromatic nitrogens is 1. The van der Waals surface area contributed by atoms with Crippen LogP contribution in [0.15, 0.2) is 42.5 Å². The highest BCUT2D eigenvalue weighted by Crippen LogP contribution is 2.77. The SMILES string of the molecule is C=C(C)[C@@H]1CC[C@]2(C(=O)Nc3nc(C(=O)O)c(C)s3)CC[C@]3(C)[C@H](CC[C@@H]4[C@@]5(C)CC=C(c6ccc(C(=O)O)cc6)C(C)(C)[C@@H]5CC[C@]43C)[C@@H]12. The molecule has 50 heavy (non-hydrogen) atoms. The van der Waals surface area contributed by atoms with Crippen LogP contribution in [0.25, 0.3) is 5.57 Å². The Hall–Kier alpha value is -3.26. The molecule has 8 heteroatoms. The van der Waals surface area contributed by atoms with Crippen LogP contribution in [0, 0.1) is 63.6 Å². The van der Waals surface area contributed by atoms with E-state index in [1.807, 2.05) is 12.1 Å². The fourth-order valence-electron chi connectivity index (χ4n) is 13.3. The number of allylic oxidation sites excluding steroid dienone is 3. The summed E-state index contributed by atoms with van der Waals surface area (Å²) in [6.07, 6.45) is 11.7. The first kappa shape index (κ1) is 35.2. The van der Waals surface area contributed by atoms with Crippen molar-refractivity contribution in [2.24, 2.45) is 56.7 Å². The largest absolute Gasteiger partial charge is 0.478 e. The molecule has 0 radical (unpaired) electrons. The number of hydrogen-bond acceptors (Lipinski definition) is 5. The quantitative estimate of drug-likeness (QED) is 0.259. The van der Waals surface area contributed by atoms with Gasteiger partial charge in [-0.1, -0.05) is 65.0 Å². The number of fused-ring (bicyclic) bond motifs is 7. The Morgan fingerprint density at radius 1 is 0.880 bits per heavy atom. The van der Waals surface area contributed by atoms with E-state index in [-0.39, 0.29) is 45.1 Å². The number of nitrogens with one attached hydrogen (secondary N) is 1. The Kier molecular flexibility index (Phi) is 8.17. The van der Waals surface area contributed by atoms with Crippen LogP contribution in [0.4, 0.5) is 5.13 Å². The number of aromatic carboxylic acids is 2. The van der Waals surface area contributed by atoms with Crippen molar-refractivity contribution in [3.63, 3.8) is 0 Å². The summed E-state index contributed by atoms with van der Waals surface area (Å²) in [4.78, 5) is 42.7. The molecule has 7 rings (SSSR count). The number of amides is 1. The van der Waals surface area contributed by atoms with Crippen LogP contribution in [0.5, 0.6) is 0 Å². The van der Waals surface area contributed by atoms with Gasteiger partial charge in [-0.2, -0.15) is 0 Å². The van der Waals surface area contributed by atoms with Gasteiger partial charge in [-0.15, -0.1) is 11.3 Å². The van der Waals surface area contributed by atoms with Crippen LogP contribution < -0.4 is 5.32 Å². The Morgan fingerprint density at radius 2 is 1.58 bits per heavy atom. The summed E-state index contributed by atoms with van der Waals surface area (Å²) in [7, 11) is 0. The van der Waals surface area contributed by atoms with Crippen molar-refractivity contribution in [1.82, 2.24) is 4.98 Å². The molecule has 9 atom stereocenters. The van der Waals surface area contributed by atoms with E-state index in [0.29, 0.717) is 33.3 Å². The number of aryl methyl sites for hydroxylation is 1. The monoisotopic (exact) mass is 698 g/mol. The molecular weight excluding hydrogens is 645 g/mol. The summed E-state index contributed by atoms with van der Waals surface area (Å²) in [6, 6.07) is 7.45. The number of anilines is 1. The molecule has 0 spiro atoms. The third-order valence-electron chi connectivity index (χ3n) is 15.8. The molecule has 5 aliphatic rings. The van der Waals surface area contributed by atoms with Crippen molar-refractivity contribution in [1.29, 1.82) is 0 Å². The average molecular weight is 699 g/mol. The molecule has 1 aromatic heterocycles. The van der Waals surface area contributed by atoms with E-state index in [0.717, 1.165) is 56.9 Å². The van der Waals surface area contributed by atoms with Crippen LogP contribution in [0.1, 0.15) is 131 Å². The molecule has 5 aliphatic carbocycles. The number of carboxylic acid groups (broad SMARTS) is 2. The smallest absolute Gasteiger partial charge is 0.355 e. The van der Waals surface area contributed by atoms with Crippen LogP contribution in [-0.4, -0.2) is 33.0 Å². The van der Waals surface area contributed by atoms with E-state index in [2.05, 4.69) is 64.5 Å². The zero-order chi connectivity index (χ0) is 36.2. The van der Waals surface area contributed by atoms with Crippen molar-refractivity contribution in [3.8, 4) is 0 Å². The van der Waals surface area contributed by atoms with Crippen LogP contribution in [0.2, 0.25) is 0 Å². The van der Waals surface area contributed by atoms with Crippen LogP contribution in [0.3, 0.4) is 0 Å². The van der Waals surface area contributed by atoms with Gasteiger partial charge in [0.15, 0.2) is 10.8 Å². The number of carboxylic acids is 2. The number of carbonyl (C=O) groups is 3. The Labute approximate surface area is 301 Å². The molecule has 2 aromatic rings. The standard InChI is InChI=1S/C42H54N2O5S/c1-23(2)27-15-20-42(36(49)44-37-43-33(35(47)48)24(3)50-37)22-21-40(7)29(32(27)42)13-14-31-39(6)18-16-28(25-9-11-26(12-10-25)34(45)46)38(4,5)30(39)17-19-41(31,40)8/h9-12,16,27,29-32H,1,13-15,17-22H2,2-8H3,(H,45,46)(H,47,48)(H,43,44,49)/t27-,29+,30-,31+,32+,39-,40+,41+,42-/m0/s1. The minimum Gasteiger partial charge on any atom is -0.478 e. The molecule has 4 saturated carbocycles. The number of thiazole rings is 1. The van der Waals surface area contributed by atoms with E-state index in [1.165, 1.54) is 28.9 Å². The molecular formula is C42H54N2O5S. The van der Waals surface area contributed by atoms with Gasteiger partial charge in [0.2, 0.25) is 5.91 Å². The minimum absolute atomic E-state index is 0.0149. The van der Waals surface area contributed by atoms with E-state index in [9.17, 15) is 24.6 Å². The summed E-state index contributed by atoms with van der Waals surface area (Å²) in [5.41, 5.74) is 3.76. The lowest BCUT2D eigenvalue weighted by atomic mass is 9.32. The Morgan fingerprint density at radius 3 is 2.20 bits per heavy atom. The lowest BCUT2D eigenvalue weighted by molar-refractivity contribution is -0.224. The molecule has 3 N–H and O–H groups in total. The zero-order valence-corrected chi connectivity index (χ0v) is 31.6. The zero-order valence-electron chi connectivity index (χ0n) is 30.8. The van der Waals surface area contributed by atoms with Crippen molar-refractivity contribution in [3.05, 3.63) is 64.2 Å². The number of benzene rings is 1. The molecule has 0 unspecified atom stereocenters. The van der Waals surface area contributed by atoms with Crippen molar-refractivity contribution >= 4 is 39.9 Å². The first-order chi connectivity index (χ1) is 23.4. The summed E-state index contributed by atoms with van der Waals surface area (Å²) in [5.74, 6) is 0.00630. The van der Waals surface area contributed by atoms with E-state index in [4.69, 9.17) is 0 Å². The van der Waals surface area contributed by atoms with E-state index >= 15 is 0 Å². The van der Waals surface area contributed by atoms with Gasteiger partial charge in [0.1, 0.15) is 0 Å². The van der Waals surface area contributed by atoms with E-state index in [1.54, 1.807) is 19.1 Å². The van der Waals surface area contributed by atoms with Gasteiger partial charge in [-0.05, 0) is 146 Å². The van der Waals surface area contributed by atoms with Gasteiger partial charge in [-0.25, -0.2) is 14.6 Å². The molecule has 268 valence electrons. The summed E-state index contributed by atoms with van der Waals surface area (Å²) in [6.45, 7) is 20.9. The maximum Gasteiger partial charge on any atom is 0.355 e. The summed E-state index contributed by atoms with van der Waals surface area (Å²) >= 11 is 1.25. The molecule has 7 nitrogen and oxygen atoms in total. The normalized spacial score (nSPS) is 38.5. The molecule has 0 aliphatic heterocycles. The van der Waals surface area contributed by atoms with Crippen molar-refractivity contribution in [2.75, 3.05) is 5.32 Å². The molecule has 0 saturated heterocycles. The number of nitrogens with zero attached hydrogens (tertiary/aromatic N) is 1. The molecule has 1 amide bonds. The first-order valence-electron chi connectivity index (χ1n) is 18.6. The van der Waals surface area contributed by atoms with Gasteiger partial charge in [0.05, 0.1) is 11.0 Å². The molecule has 4 fully saturated rings. The highest BCUT2D eigenvalue weighted by Gasteiger charge is 2.71. The highest BCUT2D eigenvalue weighted by atomic mass is 32.1. The summed E-state index contributed by atoms with van der Waals surface area (Å²) < 4.78 is 0. The topological polar surface area (TPSA) is 117 Å². The minimum atomic E-state index is -1.07. The second-order valence-corrected chi connectivity index (χ2v) is 19.2. The lowest BCUT2D eigenvalue weighted by Gasteiger charge is -2.72. The predicted octanol–water partition coefficient (Wildman–Crippen LogP) is 10.1. The maximum atomic E-state index is 14.5. The molecule has 1 aromatic carbocycles. The Balaban J connectivity index is 1.21. The fourth-order valence-corrected chi connectivity index (χ4v) is 14.1. The Bertz CT molecular complexity index is 1810. The van der Waals surface area contributed by atoms with Crippen molar-refractivity contribution < 1.29 is 24.6 Å².